The molecule has 1 unspecified atom stereocenters. The molecule has 1 saturated carbocycles. The summed E-state index contributed by atoms with van der Waals surface area (Å²) in [4.78, 5) is 27.1. The second kappa shape index (κ2) is 8.52. The molecule has 2 aromatic heterocycles. The molecule has 0 radical (unpaired) electrons. The number of fused-ring (bicyclic) bond motifs is 1. The van der Waals surface area contributed by atoms with Gasteiger partial charge < -0.3 is 10.2 Å². The number of hydrogen-bond donors (Lipinski definition) is 1. The third kappa shape index (κ3) is 4.24. The van der Waals surface area contributed by atoms with Gasteiger partial charge in [0.25, 0.3) is 0 Å². The zero-order valence-electron chi connectivity index (χ0n) is 16.1. The van der Waals surface area contributed by atoms with E-state index in [2.05, 4.69) is 36.5 Å². The topological polar surface area (TPSA) is 61.4 Å². The Morgan fingerprint density at radius 2 is 2.00 bits per heavy atom. The van der Waals surface area contributed by atoms with Gasteiger partial charge in [0.15, 0.2) is 0 Å². The highest BCUT2D eigenvalue weighted by Gasteiger charge is 2.27. The molecule has 3 heterocycles. The quantitative estimate of drug-likeness (QED) is 0.855. The van der Waals surface area contributed by atoms with Gasteiger partial charge in [0.1, 0.15) is 17.0 Å². The summed E-state index contributed by atoms with van der Waals surface area (Å²) in [6.45, 7) is 6.43. The first-order valence-electron chi connectivity index (χ1n) is 10.2. The fourth-order valence-corrected chi connectivity index (χ4v) is 5.03. The SMILES string of the molecule is CC(C(=O)NCC1CCCCC1)N1CCN(c2ncnc3sccc23)CC1. The Hall–Kier alpha value is -1.73. The predicted molar refractivity (Wildman–Crippen MR) is 110 cm³/mol. The normalized spacial score (nSPS) is 20.7. The number of piperazine rings is 1. The Balaban J connectivity index is 1.29. The number of carbonyl (C=O) groups excluding carboxylic acids is 1. The van der Waals surface area contributed by atoms with Gasteiger partial charge in [-0.05, 0) is 37.1 Å². The van der Waals surface area contributed by atoms with Crippen LogP contribution >= 0.6 is 11.3 Å². The number of thiophene rings is 1. The number of rotatable bonds is 5. The fraction of sp³-hybridized carbons (Fsp3) is 0.650. The van der Waals surface area contributed by atoms with Crippen LogP contribution in [-0.2, 0) is 4.79 Å². The van der Waals surface area contributed by atoms with Crippen molar-refractivity contribution in [2.24, 2.45) is 5.92 Å². The zero-order chi connectivity index (χ0) is 18.6. The first-order valence-corrected chi connectivity index (χ1v) is 11.1. The third-order valence-electron chi connectivity index (χ3n) is 6.07. The molecule has 0 bridgehead atoms. The van der Waals surface area contributed by atoms with Crippen molar-refractivity contribution in [1.29, 1.82) is 0 Å². The van der Waals surface area contributed by atoms with Crippen LogP contribution in [0.5, 0.6) is 0 Å². The van der Waals surface area contributed by atoms with E-state index in [1.807, 2.05) is 6.92 Å². The van der Waals surface area contributed by atoms with Gasteiger partial charge in [-0.25, -0.2) is 9.97 Å². The number of nitrogens with zero attached hydrogens (tertiary/aromatic N) is 4. The molecule has 1 saturated heterocycles. The van der Waals surface area contributed by atoms with E-state index in [4.69, 9.17) is 0 Å². The van der Waals surface area contributed by atoms with Gasteiger partial charge in [0, 0.05) is 32.7 Å². The number of hydrogen-bond acceptors (Lipinski definition) is 6. The number of aromatic nitrogens is 2. The maximum atomic E-state index is 12.6. The maximum Gasteiger partial charge on any atom is 0.237 e. The lowest BCUT2D eigenvalue weighted by Gasteiger charge is -2.38. The fourth-order valence-electron chi connectivity index (χ4n) is 4.30. The first kappa shape index (κ1) is 18.6. The van der Waals surface area contributed by atoms with Gasteiger partial charge in [-0.15, -0.1) is 11.3 Å². The molecule has 7 heteroatoms. The minimum absolute atomic E-state index is 0.0673. The van der Waals surface area contributed by atoms with Gasteiger partial charge >= 0.3 is 0 Å². The summed E-state index contributed by atoms with van der Waals surface area (Å²) in [6, 6.07) is 2.03. The van der Waals surface area contributed by atoms with Crippen LogP contribution in [0.1, 0.15) is 39.0 Å². The van der Waals surface area contributed by atoms with E-state index >= 15 is 0 Å². The molecule has 2 aromatic rings. The second-order valence-electron chi connectivity index (χ2n) is 7.78. The lowest BCUT2D eigenvalue weighted by molar-refractivity contribution is -0.126. The summed E-state index contributed by atoms with van der Waals surface area (Å²) in [5.41, 5.74) is 0. The van der Waals surface area contributed by atoms with Crippen molar-refractivity contribution in [3.63, 3.8) is 0 Å². The molecule has 6 nitrogen and oxygen atoms in total. The molecule has 0 spiro atoms. The lowest BCUT2D eigenvalue weighted by atomic mass is 9.89. The van der Waals surface area contributed by atoms with Crippen LogP contribution in [0.25, 0.3) is 10.2 Å². The molecular weight excluding hydrogens is 358 g/mol. The largest absolute Gasteiger partial charge is 0.354 e. The molecule has 1 atom stereocenters. The van der Waals surface area contributed by atoms with E-state index in [-0.39, 0.29) is 11.9 Å². The van der Waals surface area contributed by atoms with E-state index in [0.717, 1.165) is 48.8 Å². The maximum absolute atomic E-state index is 12.6. The average molecular weight is 388 g/mol. The molecule has 1 aliphatic carbocycles. The first-order chi connectivity index (χ1) is 13.2. The Kier molecular flexibility index (Phi) is 5.88. The van der Waals surface area contributed by atoms with E-state index in [9.17, 15) is 4.79 Å². The van der Waals surface area contributed by atoms with E-state index in [0.29, 0.717) is 5.92 Å². The molecule has 2 aliphatic rings. The summed E-state index contributed by atoms with van der Waals surface area (Å²) in [5, 5.41) is 6.40. The van der Waals surface area contributed by atoms with Gasteiger partial charge in [0.05, 0.1) is 11.4 Å². The number of nitrogens with one attached hydrogen (secondary N) is 1. The van der Waals surface area contributed by atoms with E-state index in [1.54, 1.807) is 17.7 Å². The van der Waals surface area contributed by atoms with Crippen molar-refractivity contribution >= 4 is 33.3 Å². The van der Waals surface area contributed by atoms with Crippen LogP contribution in [-0.4, -0.2) is 59.5 Å². The molecule has 2 fully saturated rings. The van der Waals surface area contributed by atoms with Crippen molar-refractivity contribution in [2.45, 2.75) is 45.1 Å². The smallest absolute Gasteiger partial charge is 0.237 e. The number of carbonyl (C=O) groups is 1. The van der Waals surface area contributed by atoms with Crippen LogP contribution in [0.2, 0.25) is 0 Å². The van der Waals surface area contributed by atoms with E-state index < -0.39 is 0 Å². The van der Waals surface area contributed by atoms with Gasteiger partial charge in [0.2, 0.25) is 5.91 Å². The van der Waals surface area contributed by atoms with Crippen molar-refractivity contribution in [3.8, 4) is 0 Å². The Labute approximate surface area is 165 Å². The Morgan fingerprint density at radius 3 is 2.78 bits per heavy atom. The molecule has 146 valence electrons. The van der Waals surface area contributed by atoms with Gasteiger partial charge in [-0.2, -0.15) is 0 Å². The van der Waals surface area contributed by atoms with Crippen molar-refractivity contribution in [3.05, 3.63) is 17.8 Å². The Bertz CT molecular complexity index is 765. The number of amides is 1. The highest BCUT2D eigenvalue weighted by atomic mass is 32.1. The molecule has 1 aliphatic heterocycles. The summed E-state index contributed by atoms with van der Waals surface area (Å²) in [6.07, 6.45) is 8.18. The van der Waals surface area contributed by atoms with Crippen LogP contribution in [0.4, 0.5) is 5.82 Å². The molecule has 1 amide bonds. The van der Waals surface area contributed by atoms with E-state index in [1.165, 1.54) is 32.1 Å². The monoisotopic (exact) mass is 387 g/mol. The zero-order valence-corrected chi connectivity index (χ0v) is 16.9. The van der Waals surface area contributed by atoms with Gasteiger partial charge in [-0.3, -0.25) is 9.69 Å². The summed E-state index contributed by atoms with van der Waals surface area (Å²) in [7, 11) is 0. The second-order valence-corrected chi connectivity index (χ2v) is 8.68. The summed E-state index contributed by atoms with van der Waals surface area (Å²) in [5.74, 6) is 1.88. The minimum Gasteiger partial charge on any atom is -0.354 e. The number of anilines is 1. The highest BCUT2D eigenvalue weighted by Crippen LogP contribution is 2.27. The predicted octanol–water partition coefficient (Wildman–Crippen LogP) is 2.90. The van der Waals surface area contributed by atoms with Gasteiger partial charge in [-0.1, -0.05) is 19.3 Å². The van der Waals surface area contributed by atoms with Crippen molar-refractivity contribution < 1.29 is 4.79 Å². The molecule has 1 N–H and O–H groups in total. The summed E-state index contributed by atoms with van der Waals surface area (Å²) >= 11 is 1.65. The van der Waals surface area contributed by atoms with Crippen LogP contribution in [0.3, 0.4) is 0 Å². The van der Waals surface area contributed by atoms with Crippen LogP contribution < -0.4 is 10.2 Å². The average Bonchev–Trinajstić information content (AvgIpc) is 3.21. The highest BCUT2D eigenvalue weighted by molar-refractivity contribution is 7.16. The molecule has 0 aromatic carbocycles. The molecular formula is C20H29N5OS. The summed E-state index contributed by atoms with van der Waals surface area (Å²) < 4.78 is 0. The lowest BCUT2D eigenvalue weighted by Crippen LogP contribution is -2.54. The third-order valence-corrected chi connectivity index (χ3v) is 6.89. The van der Waals surface area contributed by atoms with Crippen LogP contribution in [0, 0.1) is 5.92 Å². The molecule has 4 rings (SSSR count). The van der Waals surface area contributed by atoms with Crippen molar-refractivity contribution in [1.82, 2.24) is 20.2 Å². The molecule has 27 heavy (non-hydrogen) atoms. The Morgan fingerprint density at radius 1 is 1.22 bits per heavy atom. The minimum atomic E-state index is -0.0673. The standard InChI is InChI=1S/C20H29N5OS/c1-15(19(26)21-13-16-5-3-2-4-6-16)24-8-10-25(11-9-24)18-17-7-12-27-20(17)23-14-22-18/h7,12,14-16H,2-6,8-11,13H2,1H3,(H,21,26). The van der Waals surface area contributed by atoms with Crippen molar-refractivity contribution in [2.75, 3.05) is 37.6 Å². The van der Waals surface area contributed by atoms with Crippen LogP contribution in [0.15, 0.2) is 17.8 Å².